The van der Waals surface area contributed by atoms with Gasteiger partial charge < -0.3 is 19.7 Å². The fraction of sp³-hybridized carbons (Fsp3) is 0.588. The molecule has 222 valence electrons. The van der Waals surface area contributed by atoms with Crippen LogP contribution in [0.25, 0.3) is 0 Å². The average Bonchev–Trinajstić information content (AvgIpc) is 2.93. The molecule has 0 aliphatic heterocycles. The lowest BCUT2D eigenvalue weighted by molar-refractivity contribution is -0.145. The molecule has 0 bridgehead atoms. The summed E-state index contributed by atoms with van der Waals surface area (Å²) in [6.07, 6.45) is 11.2. The van der Waals surface area contributed by atoms with Crippen LogP contribution in [0, 0.1) is 13.8 Å². The van der Waals surface area contributed by atoms with Gasteiger partial charge in [-0.25, -0.2) is 0 Å². The lowest BCUT2D eigenvalue weighted by Gasteiger charge is -2.11. The van der Waals surface area contributed by atoms with Crippen molar-refractivity contribution in [1.29, 1.82) is 0 Å². The van der Waals surface area contributed by atoms with Crippen molar-refractivity contribution in [3.8, 4) is 11.5 Å². The van der Waals surface area contributed by atoms with Gasteiger partial charge in [0.25, 0.3) is 0 Å². The molecular weight excluding hydrogens is 504 g/mol. The van der Waals surface area contributed by atoms with E-state index in [9.17, 15) is 19.8 Å². The fourth-order valence-electron chi connectivity index (χ4n) is 4.84. The number of unbranched alkanes of at least 4 members (excludes halogenated alkanes) is 5. The molecule has 2 aromatic rings. The minimum Gasteiger partial charge on any atom is -0.507 e. The summed E-state index contributed by atoms with van der Waals surface area (Å²) < 4.78 is 10.8. The first-order chi connectivity index (χ1) is 19.2. The zero-order chi connectivity index (χ0) is 29.3. The highest BCUT2D eigenvalue weighted by molar-refractivity contribution is 5.70. The molecule has 0 aromatic heterocycles. The number of phenols is 2. The maximum Gasteiger partial charge on any atom is 0.306 e. The monoisotopic (exact) mass is 554 g/mol. The Bertz CT molecular complexity index is 989. The number of carbonyl (C=O) groups excluding carboxylic acids is 2. The number of aromatic hydroxyl groups is 2. The Morgan fingerprint density at radius 3 is 1.38 bits per heavy atom. The molecule has 2 rings (SSSR count). The van der Waals surface area contributed by atoms with Gasteiger partial charge in [-0.05, 0) is 111 Å². The van der Waals surface area contributed by atoms with Gasteiger partial charge in [-0.2, -0.15) is 0 Å². The van der Waals surface area contributed by atoms with Gasteiger partial charge in [0, 0.05) is 12.8 Å². The van der Waals surface area contributed by atoms with Crippen LogP contribution in [-0.4, -0.2) is 35.4 Å². The number of hydrogen-bond donors (Lipinski definition) is 2. The molecule has 2 N–H and O–H groups in total. The molecule has 0 aliphatic carbocycles. The quantitative estimate of drug-likeness (QED) is 0.137. The van der Waals surface area contributed by atoms with Crippen molar-refractivity contribution >= 4 is 11.9 Å². The summed E-state index contributed by atoms with van der Waals surface area (Å²) in [5, 5.41) is 20.5. The van der Waals surface area contributed by atoms with Crippen molar-refractivity contribution in [2.24, 2.45) is 0 Å². The van der Waals surface area contributed by atoms with Gasteiger partial charge in [0.15, 0.2) is 0 Å². The lowest BCUT2D eigenvalue weighted by Crippen LogP contribution is -2.08. The molecule has 0 radical (unpaired) electrons. The van der Waals surface area contributed by atoms with Gasteiger partial charge in [-0.1, -0.05) is 51.0 Å². The second-order valence-electron chi connectivity index (χ2n) is 10.9. The molecule has 0 heterocycles. The van der Waals surface area contributed by atoms with Crippen molar-refractivity contribution in [3.05, 3.63) is 57.6 Å². The average molecular weight is 555 g/mol. The van der Waals surface area contributed by atoms with E-state index in [1.54, 1.807) is 0 Å². The Morgan fingerprint density at radius 2 is 1.00 bits per heavy atom. The first kappa shape index (κ1) is 33.2. The zero-order valence-corrected chi connectivity index (χ0v) is 25.2. The third kappa shape index (κ3) is 12.0. The number of benzene rings is 2. The standard InChI is InChI=1S/C34H50O6/c1-5-7-13-29-23-27(21-25(3)33(29)37)15-17-31(35)39-19-11-9-10-12-20-40-32(36)18-16-28-22-26(4)34(38)30(24-28)14-8-6-2/h21-24,37-38H,5-20H2,1-4H3. The van der Waals surface area contributed by atoms with Gasteiger partial charge in [-0.15, -0.1) is 0 Å². The maximum atomic E-state index is 12.2. The Hall–Kier alpha value is -3.02. The summed E-state index contributed by atoms with van der Waals surface area (Å²) in [5.41, 5.74) is 5.74. The molecule has 6 nitrogen and oxygen atoms in total. The van der Waals surface area contributed by atoms with Crippen LogP contribution in [0.4, 0.5) is 0 Å². The van der Waals surface area contributed by atoms with Crippen LogP contribution in [0.3, 0.4) is 0 Å². The molecule has 2 aromatic carbocycles. The summed E-state index contributed by atoms with van der Waals surface area (Å²) >= 11 is 0. The molecular formula is C34H50O6. The summed E-state index contributed by atoms with van der Waals surface area (Å²) in [7, 11) is 0. The normalized spacial score (nSPS) is 11.0. The number of rotatable bonds is 19. The van der Waals surface area contributed by atoms with E-state index in [2.05, 4.69) is 13.8 Å². The Kier molecular flexibility index (Phi) is 15.2. The molecule has 0 fully saturated rings. The summed E-state index contributed by atoms with van der Waals surface area (Å²) in [6, 6.07) is 7.92. The molecule has 0 saturated heterocycles. The number of carbonyl (C=O) groups is 2. The van der Waals surface area contributed by atoms with Crippen LogP contribution in [-0.2, 0) is 44.7 Å². The van der Waals surface area contributed by atoms with Crippen LogP contribution in [0.1, 0.15) is 111 Å². The van der Waals surface area contributed by atoms with E-state index in [4.69, 9.17) is 9.47 Å². The predicted octanol–water partition coefficient (Wildman–Crippen LogP) is 7.61. The van der Waals surface area contributed by atoms with Crippen molar-refractivity contribution in [2.45, 2.75) is 118 Å². The molecule has 6 heteroatoms. The van der Waals surface area contributed by atoms with Gasteiger partial charge in [0.2, 0.25) is 0 Å². The smallest absolute Gasteiger partial charge is 0.306 e. The highest BCUT2D eigenvalue weighted by Crippen LogP contribution is 2.27. The molecule has 40 heavy (non-hydrogen) atoms. The number of aryl methyl sites for hydroxylation is 6. The first-order valence-corrected chi connectivity index (χ1v) is 15.2. The Balaban J connectivity index is 1.55. The topological polar surface area (TPSA) is 93.1 Å². The van der Waals surface area contributed by atoms with Crippen LogP contribution < -0.4 is 0 Å². The van der Waals surface area contributed by atoms with E-state index in [1.807, 2.05) is 38.1 Å². The van der Waals surface area contributed by atoms with Gasteiger partial charge >= 0.3 is 11.9 Å². The SMILES string of the molecule is CCCCc1cc(CCC(=O)OCCCCCCOC(=O)CCc2cc(C)c(O)c(CCCC)c2)cc(C)c1O. The Morgan fingerprint density at radius 1 is 0.600 bits per heavy atom. The van der Waals surface area contributed by atoms with E-state index >= 15 is 0 Å². The number of phenolic OH excluding ortho intramolecular Hbond substituents is 2. The van der Waals surface area contributed by atoms with E-state index in [1.165, 1.54) is 0 Å². The lowest BCUT2D eigenvalue weighted by atomic mass is 9.98. The van der Waals surface area contributed by atoms with E-state index in [0.29, 0.717) is 50.4 Å². The van der Waals surface area contributed by atoms with E-state index in [-0.39, 0.29) is 11.9 Å². The van der Waals surface area contributed by atoms with Crippen molar-refractivity contribution in [3.63, 3.8) is 0 Å². The molecule has 0 atom stereocenters. The van der Waals surface area contributed by atoms with Gasteiger partial charge in [0.1, 0.15) is 11.5 Å². The van der Waals surface area contributed by atoms with Crippen molar-refractivity contribution in [1.82, 2.24) is 0 Å². The number of esters is 2. The minimum absolute atomic E-state index is 0.198. The second kappa shape index (κ2) is 18.4. The molecule has 0 unspecified atom stereocenters. The Labute approximate surface area is 241 Å². The van der Waals surface area contributed by atoms with Gasteiger partial charge in [-0.3, -0.25) is 9.59 Å². The summed E-state index contributed by atoms with van der Waals surface area (Å²) in [5.74, 6) is 0.345. The van der Waals surface area contributed by atoms with Crippen LogP contribution in [0.15, 0.2) is 24.3 Å². The summed E-state index contributed by atoms with van der Waals surface area (Å²) in [4.78, 5) is 24.3. The maximum absolute atomic E-state index is 12.2. The summed E-state index contributed by atoms with van der Waals surface area (Å²) in [6.45, 7) is 8.86. The zero-order valence-electron chi connectivity index (χ0n) is 25.2. The van der Waals surface area contributed by atoms with Crippen molar-refractivity contribution in [2.75, 3.05) is 13.2 Å². The molecule has 0 saturated carbocycles. The third-order valence-electron chi connectivity index (χ3n) is 7.28. The predicted molar refractivity (Wildman–Crippen MR) is 160 cm³/mol. The molecule has 0 spiro atoms. The first-order valence-electron chi connectivity index (χ1n) is 15.2. The molecule has 0 aliphatic rings. The fourth-order valence-corrected chi connectivity index (χ4v) is 4.84. The van der Waals surface area contributed by atoms with E-state index in [0.717, 1.165) is 97.6 Å². The van der Waals surface area contributed by atoms with Gasteiger partial charge in [0.05, 0.1) is 13.2 Å². The number of ether oxygens (including phenoxy) is 2. The third-order valence-corrected chi connectivity index (χ3v) is 7.28. The minimum atomic E-state index is -0.198. The largest absolute Gasteiger partial charge is 0.507 e. The number of hydrogen-bond acceptors (Lipinski definition) is 6. The highest BCUT2D eigenvalue weighted by atomic mass is 16.5. The second-order valence-corrected chi connectivity index (χ2v) is 10.9. The van der Waals surface area contributed by atoms with Crippen LogP contribution >= 0.6 is 0 Å². The molecule has 0 amide bonds. The van der Waals surface area contributed by atoms with Crippen molar-refractivity contribution < 1.29 is 29.3 Å². The highest BCUT2D eigenvalue weighted by Gasteiger charge is 2.11. The van der Waals surface area contributed by atoms with Crippen LogP contribution in [0.5, 0.6) is 11.5 Å². The van der Waals surface area contributed by atoms with Crippen LogP contribution in [0.2, 0.25) is 0 Å². The van der Waals surface area contributed by atoms with E-state index < -0.39 is 0 Å².